The first kappa shape index (κ1) is 25.5. The summed E-state index contributed by atoms with van der Waals surface area (Å²) < 4.78 is 17.2. The number of benzene rings is 2. The smallest absolute Gasteiger partial charge is 0.340 e. The Labute approximate surface area is 209 Å². The molecule has 2 aliphatic heterocycles. The van der Waals surface area contributed by atoms with Crippen molar-refractivity contribution in [3.05, 3.63) is 59.7 Å². The van der Waals surface area contributed by atoms with Gasteiger partial charge in [0.2, 0.25) is 0 Å². The van der Waals surface area contributed by atoms with Gasteiger partial charge in [0.25, 0.3) is 0 Å². The molecule has 0 saturated carbocycles. The lowest BCUT2D eigenvalue weighted by atomic mass is 9.97. The first-order valence-electron chi connectivity index (χ1n) is 13.0. The third kappa shape index (κ3) is 7.71. The van der Waals surface area contributed by atoms with Gasteiger partial charge in [-0.05, 0) is 76.1 Å². The fourth-order valence-corrected chi connectivity index (χ4v) is 4.69. The lowest BCUT2D eigenvalue weighted by molar-refractivity contribution is 0.00706. The predicted octanol–water partition coefficient (Wildman–Crippen LogP) is 5.67. The number of nitrogens with one attached hydrogen (secondary N) is 1. The molecule has 4 rings (SSSR count). The highest BCUT2D eigenvalue weighted by atomic mass is 16.6. The van der Waals surface area contributed by atoms with E-state index >= 15 is 0 Å². The van der Waals surface area contributed by atoms with Gasteiger partial charge in [-0.15, -0.1) is 0 Å². The van der Waals surface area contributed by atoms with Crippen molar-refractivity contribution in [1.29, 1.82) is 0 Å². The lowest BCUT2D eigenvalue weighted by Gasteiger charge is -2.34. The van der Waals surface area contributed by atoms with E-state index in [1.54, 1.807) is 0 Å². The average molecular weight is 481 g/mol. The molecule has 0 atom stereocenters. The van der Waals surface area contributed by atoms with Gasteiger partial charge in [0.1, 0.15) is 5.60 Å². The average Bonchev–Trinajstić information content (AvgIpc) is 2.85. The van der Waals surface area contributed by atoms with Crippen LogP contribution in [0.3, 0.4) is 0 Å². The molecule has 1 N–H and O–H groups in total. The van der Waals surface area contributed by atoms with E-state index in [1.807, 2.05) is 51.1 Å². The Bertz CT molecular complexity index is 943. The van der Waals surface area contributed by atoms with Crippen LogP contribution in [0.25, 0.3) is 0 Å². The molecule has 0 bridgehead atoms. The summed E-state index contributed by atoms with van der Waals surface area (Å²) in [6, 6.07) is 16.8. The predicted molar refractivity (Wildman–Crippen MR) is 140 cm³/mol. The quantitative estimate of drug-likeness (QED) is 0.492. The van der Waals surface area contributed by atoms with Crippen LogP contribution in [0.5, 0.6) is 0 Å². The molecule has 0 aromatic heterocycles. The Morgan fingerprint density at radius 2 is 1.74 bits per heavy atom. The molecule has 0 aliphatic carbocycles. The van der Waals surface area contributed by atoms with Crippen molar-refractivity contribution in [1.82, 2.24) is 0 Å². The van der Waals surface area contributed by atoms with Gasteiger partial charge < -0.3 is 24.4 Å². The zero-order valence-electron chi connectivity index (χ0n) is 21.4. The van der Waals surface area contributed by atoms with Crippen molar-refractivity contribution in [3.63, 3.8) is 0 Å². The number of carbonyl (C=O) groups excluding carboxylic acids is 1. The second-order valence-corrected chi connectivity index (χ2v) is 10.7. The monoisotopic (exact) mass is 480 g/mol. The molecule has 0 spiro atoms. The van der Waals surface area contributed by atoms with Crippen molar-refractivity contribution in [2.75, 3.05) is 43.1 Å². The van der Waals surface area contributed by atoms with Crippen molar-refractivity contribution >= 4 is 17.3 Å². The normalized spacial score (nSPS) is 17.9. The molecule has 2 fully saturated rings. The molecule has 2 saturated heterocycles. The maximum absolute atomic E-state index is 13.1. The first-order valence-corrected chi connectivity index (χ1v) is 13.0. The number of carbonyl (C=O) groups is 1. The molecule has 6 nitrogen and oxygen atoms in total. The molecular formula is C29H40N2O4. The Hall–Kier alpha value is -2.57. The van der Waals surface area contributed by atoms with E-state index in [0.29, 0.717) is 24.1 Å². The van der Waals surface area contributed by atoms with Gasteiger partial charge in [-0.3, -0.25) is 0 Å². The highest BCUT2D eigenvalue weighted by Gasteiger charge is 2.25. The molecule has 2 aromatic carbocycles. The molecule has 0 unspecified atom stereocenters. The van der Waals surface area contributed by atoms with Gasteiger partial charge in [0.15, 0.2) is 0 Å². The first-order chi connectivity index (χ1) is 16.9. The standard InChI is InChI=1S/C29H40N2O4/c1-29(2,3)35-28(32)26-19-25(9-10-27(26)30-24-13-17-33-18-14-24)31-15-11-23(12-16-31)21-34-20-22-7-5-4-6-8-22/h4-10,19,23-24,30H,11-18,20-21H2,1-3H3. The summed E-state index contributed by atoms with van der Waals surface area (Å²) in [7, 11) is 0. The van der Waals surface area contributed by atoms with Gasteiger partial charge in [-0.1, -0.05) is 30.3 Å². The Kier molecular flexibility index (Phi) is 8.69. The Morgan fingerprint density at radius 1 is 1.03 bits per heavy atom. The molecule has 6 heteroatoms. The number of piperidine rings is 1. The highest BCUT2D eigenvalue weighted by Crippen LogP contribution is 2.30. The molecule has 35 heavy (non-hydrogen) atoms. The van der Waals surface area contributed by atoms with Gasteiger partial charge in [0.05, 0.1) is 12.2 Å². The molecule has 0 amide bonds. The summed E-state index contributed by atoms with van der Waals surface area (Å²) in [5.41, 5.74) is 3.21. The van der Waals surface area contributed by atoms with Crippen LogP contribution in [0, 0.1) is 5.92 Å². The SMILES string of the molecule is CC(C)(C)OC(=O)c1cc(N2CCC(COCc3ccccc3)CC2)ccc1NC1CCOCC1. The number of nitrogens with zero attached hydrogens (tertiary/aromatic N) is 1. The number of hydrogen-bond donors (Lipinski definition) is 1. The number of hydrogen-bond acceptors (Lipinski definition) is 6. The number of rotatable bonds is 8. The molecule has 0 radical (unpaired) electrons. The minimum absolute atomic E-state index is 0.280. The van der Waals surface area contributed by atoms with Crippen LogP contribution in [0.4, 0.5) is 11.4 Å². The van der Waals surface area contributed by atoms with E-state index in [1.165, 1.54) is 5.56 Å². The van der Waals surface area contributed by atoms with Crippen molar-refractivity contribution in [2.24, 2.45) is 5.92 Å². The topological polar surface area (TPSA) is 60.0 Å². The summed E-state index contributed by atoms with van der Waals surface area (Å²) in [6.07, 6.45) is 4.04. The van der Waals surface area contributed by atoms with Crippen molar-refractivity contribution in [2.45, 2.75) is 64.7 Å². The summed E-state index contributed by atoms with van der Waals surface area (Å²) in [5.74, 6) is 0.285. The fourth-order valence-electron chi connectivity index (χ4n) is 4.69. The maximum atomic E-state index is 13.1. The summed E-state index contributed by atoms with van der Waals surface area (Å²) >= 11 is 0. The van der Waals surface area contributed by atoms with Crippen molar-refractivity contribution in [3.8, 4) is 0 Å². The van der Waals surface area contributed by atoms with Crippen LogP contribution in [-0.4, -0.2) is 50.5 Å². The van der Waals surface area contributed by atoms with E-state index < -0.39 is 5.60 Å². The molecule has 2 heterocycles. The van der Waals surface area contributed by atoms with Crippen LogP contribution in [-0.2, 0) is 20.8 Å². The van der Waals surface area contributed by atoms with E-state index in [2.05, 4.69) is 28.4 Å². The number of ether oxygens (including phenoxy) is 3. The second kappa shape index (κ2) is 11.9. The van der Waals surface area contributed by atoms with Crippen LogP contribution >= 0.6 is 0 Å². The summed E-state index contributed by atoms with van der Waals surface area (Å²) in [6.45, 7) is 10.6. The van der Waals surface area contributed by atoms with E-state index in [0.717, 1.165) is 70.0 Å². The minimum atomic E-state index is -0.541. The second-order valence-electron chi connectivity index (χ2n) is 10.7. The molecule has 190 valence electrons. The van der Waals surface area contributed by atoms with E-state index in [-0.39, 0.29) is 5.97 Å². The van der Waals surface area contributed by atoms with Gasteiger partial charge in [0, 0.05) is 50.3 Å². The third-order valence-corrected chi connectivity index (χ3v) is 6.65. The largest absolute Gasteiger partial charge is 0.456 e. The molecular weight excluding hydrogens is 440 g/mol. The van der Waals surface area contributed by atoms with Crippen LogP contribution < -0.4 is 10.2 Å². The highest BCUT2D eigenvalue weighted by molar-refractivity contribution is 5.97. The number of esters is 1. The zero-order chi connectivity index (χ0) is 24.7. The van der Waals surface area contributed by atoms with Crippen LogP contribution in [0.15, 0.2) is 48.5 Å². The zero-order valence-corrected chi connectivity index (χ0v) is 21.4. The third-order valence-electron chi connectivity index (χ3n) is 6.65. The lowest BCUT2D eigenvalue weighted by Crippen LogP contribution is -2.35. The maximum Gasteiger partial charge on any atom is 0.340 e. The minimum Gasteiger partial charge on any atom is -0.456 e. The van der Waals surface area contributed by atoms with Crippen molar-refractivity contribution < 1.29 is 19.0 Å². The van der Waals surface area contributed by atoms with Gasteiger partial charge >= 0.3 is 5.97 Å². The van der Waals surface area contributed by atoms with E-state index in [9.17, 15) is 4.79 Å². The van der Waals surface area contributed by atoms with E-state index in [4.69, 9.17) is 14.2 Å². The molecule has 2 aromatic rings. The van der Waals surface area contributed by atoms with Gasteiger partial charge in [-0.2, -0.15) is 0 Å². The number of anilines is 2. The fraction of sp³-hybridized carbons (Fsp3) is 0.552. The summed E-state index contributed by atoms with van der Waals surface area (Å²) in [4.78, 5) is 15.5. The Balaban J connectivity index is 1.37. The summed E-state index contributed by atoms with van der Waals surface area (Å²) in [5, 5.41) is 3.57. The van der Waals surface area contributed by atoms with Crippen LogP contribution in [0.1, 0.15) is 62.4 Å². The molecule has 2 aliphatic rings. The van der Waals surface area contributed by atoms with Gasteiger partial charge in [-0.25, -0.2) is 4.79 Å². The van der Waals surface area contributed by atoms with Crippen LogP contribution in [0.2, 0.25) is 0 Å². The Morgan fingerprint density at radius 3 is 2.43 bits per heavy atom.